The van der Waals surface area contributed by atoms with Crippen molar-refractivity contribution in [3.63, 3.8) is 0 Å². The molecule has 0 aliphatic rings. The van der Waals surface area contributed by atoms with E-state index in [9.17, 15) is 9.59 Å². The maximum atomic E-state index is 11.7. The Morgan fingerprint density at radius 3 is 2.56 bits per heavy atom. The normalized spacial score (nSPS) is 10.0. The summed E-state index contributed by atoms with van der Waals surface area (Å²) in [5, 5.41) is 0. The van der Waals surface area contributed by atoms with Gasteiger partial charge in [-0.3, -0.25) is 14.2 Å². The molecule has 0 radical (unpaired) electrons. The first-order chi connectivity index (χ1) is 7.77. The molecule has 2 aromatic rings. The summed E-state index contributed by atoms with van der Waals surface area (Å²) in [5.41, 5.74) is 0.552. The molecular weight excluding hydrogens is 204 g/mol. The molecule has 4 heteroatoms. The number of hydrogen-bond donors (Lipinski definition) is 0. The SMILES string of the molecule is O=C(CC(=O)n1ccnc1)c1ccccc1. The summed E-state index contributed by atoms with van der Waals surface area (Å²) in [6.07, 6.45) is 4.28. The van der Waals surface area contributed by atoms with Crippen LogP contribution in [0.5, 0.6) is 0 Å². The van der Waals surface area contributed by atoms with Gasteiger partial charge in [-0.2, -0.15) is 0 Å². The Kier molecular flexibility index (Phi) is 2.91. The number of hydrogen-bond acceptors (Lipinski definition) is 3. The lowest BCUT2D eigenvalue weighted by Gasteiger charge is -2.00. The van der Waals surface area contributed by atoms with Gasteiger partial charge in [0.15, 0.2) is 5.78 Å². The van der Waals surface area contributed by atoms with E-state index in [4.69, 9.17) is 0 Å². The van der Waals surface area contributed by atoms with Crippen LogP contribution in [0.2, 0.25) is 0 Å². The Labute approximate surface area is 92.5 Å². The summed E-state index contributed by atoms with van der Waals surface area (Å²) in [4.78, 5) is 27.0. The molecule has 0 aliphatic heterocycles. The Bertz CT molecular complexity index is 489. The molecule has 2 rings (SSSR count). The summed E-state index contributed by atoms with van der Waals surface area (Å²) < 4.78 is 1.31. The molecular formula is C12H10N2O2. The van der Waals surface area contributed by atoms with Gasteiger partial charge in [-0.25, -0.2) is 4.98 Å². The minimum Gasteiger partial charge on any atom is -0.294 e. The van der Waals surface area contributed by atoms with E-state index in [1.54, 1.807) is 24.3 Å². The zero-order chi connectivity index (χ0) is 11.4. The van der Waals surface area contributed by atoms with Gasteiger partial charge >= 0.3 is 0 Å². The lowest BCUT2D eigenvalue weighted by Crippen LogP contribution is -2.14. The molecule has 80 valence electrons. The van der Waals surface area contributed by atoms with E-state index in [1.165, 1.54) is 23.3 Å². The number of carbonyl (C=O) groups excluding carboxylic acids is 2. The zero-order valence-corrected chi connectivity index (χ0v) is 8.54. The number of imidazole rings is 1. The average Bonchev–Trinajstić information content (AvgIpc) is 2.83. The van der Waals surface area contributed by atoms with Crippen LogP contribution in [-0.2, 0) is 0 Å². The lowest BCUT2D eigenvalue weighted by atomic mass is 10.1. The van der Waals surface area contributed by atoms with E-state index in [0.717, 1.165) is 0 Å². The van der Waals surface area contributed by atoms with Crippen molar-refractivity contribution in [2.45, 2.75) is 6.42 Å². The highest BCUT2D eigenvalue weighted by Crippen LogP contribution is 2.04. The molecule has 0 saturated carbocycles. The molecule has 1 aromatic carbocycles. The molecule has 0 N–H and O–H groups in total. The van der Waals surface area contributed by atoms with Gasteiger partial charge in [0.1, 0.15) is 6.33 Å². The molecule has 0 aliphatic carbocycles. The van der Waals surface area contributed by atoms with Gasteiger partial charge in [0.25, 0.3) is 0 Å². The van der Waals surface area contributed by atoms with Crippen LogP contribution in [0.3, 0.4) is 0 Å². The van der Waals surface area contributed by atoms with Crippen LogP contribution in [0, 0.1) is 0 Å². The number of aromatic nitrogens is 2. The monoisotopic (exact) mass is 214 g/mol. The van der Waals surface area contributed by atoms with Crippen molar-refractivity contribution in [1.82, 2.24) is 9.55 Å². The third-order valence-corrected chi connectivity index (χ3v) is 2.20. The fraction of sp³-hybridized carbons (Fsp3) is 0.0833. The molecule has 0 saturated heterocycles. The molecule has 0 unspecified atom stereocenters. The topological polar surface area (TPSA) is 52.0 Å². The largest absolute Gasteiger partial charge is 0.294 e. The second-order valence-electron chi connectivity index (χ2n) is 3.33. The van der Waals surface area contributed by atoms with E-state index < -0.39 is 0 Å². The molecule has 0 spiro atoms. The summed E-state index contributed by atoms with van der Waals surface area (Å²) in [6.45, 7) is 0. The summed E-state index contributed by atoms with van der Waals surface area (Å²) in [6, 6.07) is 8.77. The van der Waals surface area contributed by atoms with Crippen LogP contribution in [-0.4, -0.2) is 21.2 Å². The minimum atomic E-state index is -0.272. The van der Waals surface area contributed by atoms with E-state index in [-0.39, 0.29) is 18.1 Å². The highest BCUT2D eigenvalue weighted by atomic mass is 16.2. The van der Waals surface area contributed by atoms with Crippen LogP contribution in [0.1, 0.15) is 21.6 Å². The summed E-state index contributed by atoms with van der Waals surface area (Å²) in [5.74, 6) is -0.453. The van der Waals surface area contributed by atoms with E-state index >= 15 is 0 Å². The van der Waals surface area contributed by atoms with Crippen LogP contribution in [0.4, 0.5) is 0 Å². The first-order valence-electron chi connectivity index (χ1n) is 4.87. The quantitative estimate of drug-likeness (QED) is 0.578. The minimum absolute atomic E-state index is 0.139. The van der Waals surface area contributed by atoms with Crippen molar-refractivity contribution < 1.29 is 9.59 Å². The number of nitrogens with zero attached hydrogens (tertiary/aromatic N) is 2. The zero-order valence-electron chi connectivity index (χ0n) is 8.54. The molecule has 0 bridgehead atoms. The standard InChI is InChI=1S/C12H10N2O2/c15-11(10-4-2-1-3-5-10)8-12(16)14-7-6-13-9-14/h1-7,9H,8H2. The van der Waals surface area contributed by atoms with Crippen molar-refractivity contribution >= 4 is 11.7 Å². The first-order valence-corrected chi connectivity index (χ1v) is 4.87. The van der Waals surface area contributed by atoms with Gasteiger partial charge in [-0.1, -0.05) is 30.3 Å². The van der Waals surface area contributed by atoms with Gasteiger partial charge in [-0.15, -0.1) is 0 Å². The highest BCUT2D eigenvalue weighted by Gasteiger charge is 2.12. The predicted molar refractivity (Wildman–Crippen MR) is 58.2 cm³/mol. The molecule has 4 nitrogen and oxygen atoms in total. The van der Waals surface area contributed by atoms with E-state index in [2.05, 4.69) is 4.98 Å². The molecule has 16 heavy (non-hydrogen) atoms. The lowest BCUT2D eigenvalue weighted by molar-refractivity contribution is 0.0842. The fourth-order valence-electron chi connectivity index (χ4n) is 1.36. The van der Waals surface area contributed by atoms with Gasteiger partial charge in [0.2, 0.25) is 5.91 Å². The Balaban J connectivity index is 2.06. The average molecular weight is 214 g/mol. The van der Waals surface area contributed by atoms with E-state index in [1.807, 2.05) is 6.07 Å². The fourth-order valence-corrected chi connectivity index (χ4v) is 1.36. The Hall–Kier alpha value is -2.23. The van der Waals surface area contributed by atoms with Crippen LogP contribution in [0.25, 0.3) is 0 Å². The third-order valence-electron chi connectivity index (χ3n) is 2.20. The maximum absolute atomic E-state index is 11.7. The second kappa shape index (κ2) is 4.53. The molecule has 0 amide bonds. The second-order valence-corrected chi connectivity index (χ2v) is 3.33. The van der Waals surface area contributed by atoms with Crippen LogP contribution in [0.15, 0.2) is 49.1 Å². The van der Waals surface area contributed by atoms with Crippen molar-refractivity contribution in [1.29, 1.82) is 0 Å². The smallest absolute Gasteiger partial charge is 0.239 e. The van der Waals surface area contributed by atoms with Gasteiger partial charge in [-0.05, 0) is 0 Å². The summed E-state index contributed by atoms with van der Waals surface area (Å²) in [7, 11) is 0. The first kappa shape index (κ1) is 10.3. The number of benzene rings is 1. The highest BCUT2D eigenvalue weighted by molar-refractivity contribution is 6.07. The molecule has 1 aromatic heterocycles. The Morgan fingerprint density at radius 1 is 1.19 bits per heavy atom. The van der Waals surface area contributed by atoms with Crippen LogP contribution >= 0.6 is 0 Å². The van der Waals surface area contributed by atoms with E-state index in [0.29, 0.717) is 5.56 Å². The molecule has 0 fully saturated rings. The van der Waals surface area contributed by atoms with Gasteiger partial charge in [0, 0.05) is 18.0 Å². The maximum Gasteiger partial charge on any atom is 0.239 e. The van der Waals surface area contributed by atoms with Crippen molar-refractivity contribution in [2.24, 2.45) is 0 Å². The third kappa shape index (κ3) is 2.23. The van der Waals surface area contributed by atoms with Gasteiger partial charge in [0.05, 0.1) is 6.42 Å². The van der Waals surface area contributed by atoms with Crippen molar-refractivity contribution in [3.05, 3.63) is 54.6 Å². The van der Waals surface area contributed by atoms with Crippen molar-refractivity contribution in [2.75, 3.05) is 0 Å². The molecule has 1 heterocycles. The van der Waals surface area contributed by atoms with Gasteiger partial charge < -0.3 is 0 Å². The number of carbonyl (C=O) groups is 2. The number of Topliss-reactive ketones (excluding diaryl/α,β-unsaturated/α-hetero) is 1. The predicted octanol–water partition coefficient (Wildman–Crippen LogP) is 1.80. The van der Waals surface area contributed by atoms with Crippen LogP contribution < -0.4 is 0 Å². The number of rotatable bonds is 3. The Morgan fingerprint density at radius 2 is 1.94 bits per heavy atom. The summed E-state index contributed by atoms with van der Waals surface area (Å²) >= 11 is 0. The number of ketones is 1. The van der Waals surface area contributed by atoms with Crippen molar-refractivity contribution in [3.8, 4) is 0 Å². The molecule has 0 atom stereocenters.